The molecule has 0 aliphatic rings. The van der Waals surface area contributed by atoms with Gasteiger partial charge in [-0.2, -0.15) is 5.26 Å². The van der Waals surface area contributed by atoms with Crippen molar-refractivity contribution in [1.82, 2.24) is 9.97 Å². The first-order chi connectivity index (χ1) is 9.72. The molecule has 0 saturated carbocycles. The number of aromatic nitrogens is 2. The summed E-state index contributed by atoms with van der Waals surface area (Å²) in [6, 6.07) is 8.04. The molecule has 2 aromatic rings. The fourth-order valence-electron chi connectivity index (χ4n) is 1.90. The van der Waals surface area contributed by atoms with Gasteiger partial charge < -0.3 is 10.1 Å². The van der Waals surface area contributed by atoms with E-state index in [1.54, 1.807) is 6.20 Å². The molecule has 0 aliphatic heterocycles. The van der Waals surface area contributed by atoms with Gasteiger partial charge in [0, 0.05) is 12.4 Å². The van der Waals surface area contributed by atoms with E-state index in [9.17, 15) is 0 Å². The third-order valence-corrected chi connectivity index (χ3v) is 2.85. The number of benzene rings is 1. The number of hydrogen-bond acceptors (Lipinski definition) is 5. The molecule has 1 N–H and O–H groups in total. The number of nitriles is 1. The summed E-state index contributed by atoms with van der Waals surface area (Å²) < 4.78 is 5.77. The van der Waals surface area contributed by atoms with Crippen LogP contribution in [-0.4, -0.2) is 23.1 Å². The summed E-state index contributed by atoms with van der Waals surface area (Å²) in [6.45, 7) is 5.09. The van der Waals surface area contributed by atoms with Gasteiger partial charge in [-0.3, -0.25) is 0 Å². The second-order valence-corrected chi connectivity index (χ2v) is 4.36. The van der Waals surface area contributed by atoms with E-state index >= 15 is 0 Å². The van der Waals surface area contributed by atoms with Crippen LogP contribution in [0.5, 0.6) is 5.75 Å². The molecule has 0 saturated heterocycles. The molecule has 0 fully saturated rings. The van der Waals surface area contributed by atoms with Crippen molar-refractivity contribution in [3.63, 3.8) is 0 Å². The molecule has 0 unspecified atom stereocenters. The number of nitrogens with one attached hydrogen (secondary N) is 1. The van der Waals surface area contributed by atoms with E-state index < -0.39 is 0 Å². The van der Waals surface area contributed by atoms with E-state index in [0.29, 0.717) is 24.7 Å². The Bertz CT molecular complexity index is 614. The van der Waals surface area contributed by atoms with Crippen LogP contribution in [0.1, 0.15) is 16.8 Å². The maximum atomic E-state index is 8.90. The number of anilines is 1. The predicted octanol–water partition coefficient (Wildman–Crippen LogP) is 2.46. The van der Waals surface area contributed by atoms with Gasteiger partial charge in [0.05, 0.1) is 6.54 Å². The van der Waals surface area contributed by atoms with E-state index in [-0.39, 0.29) is 0 Å². The minimum absolute atomic E-state index is 0.291. The smallest absolute Gasteiger partial charge is 0.182 e. The minimum atomic E-state index is 0.291. The number of hydrogen-bond donors (Lipinski definition) is 1. The summed E-state index contributed by atoms with van der Waals surface area (Å²) in [5, 5.41) is 12.0. The molecule has 0 amide bonds. The fourth-order valence-corrected chi connectivity index (χ4v) is 1.90. The van der Waals surface area contributed by atoms with Crippen LogP contribution in [0.2, 0.25) is 0 Å². The largest absolute Gasteiger partial charge is 0.491 e. The van der Waals surface area contributed by atoms with Gasteiger partial charge >= 0.3 is 0 Å². The number of ether oxygens (including phenoxy) is 1. The SMILES string of the molecule is Cc1cccc(C)c1OCCNc1nccnc1C#N. The zero-order valence-electron chi connectivity index (χ0n) is 11.6. The highest BCUT2D eigenvalue weighted by molar-refractivity contribution is 5.46. The Morgan fingerprint density at radius 1 is 1.20 bits per heavy atom. The first-order valence-corrected chi connectivity index (χ1v) is 6.36. The highest BCUT2D eigenvalue weighted by atomic mass is 16.5. The van der Waals surface area contributed by atoms with Crippen LogP contribution in [0.25, 0.3) is 0 Å². The highest BCUT2D eigenvalue weighted by Gasteiger charge is 2.05. The van der Waals surface area contributed by atoms with E-state index in [0.717, 1.165) is 16.9 Å². The van der Waals surface area contributed by atoms with Crippen molar-refractivity contribution in [2.24, 2.45) is 0 Å². The maximum Gasteiger partial charge on any atom is 0.182 e. The summed E-state index contributed by atoms with van der Waals surface area (Å²) in [7, 11) is 0. The summed E-state index contributed by atoms with van der Waals surface area (Å²) in [5.41, 5.74) is 2.52. The van der Waals surface area contributed by atoms with Gasteiger partial charge in [-0.05, 0) is 25.0 Å². The molecule has 2 rings (SSSR count). The molecule has 1 aromatic heterocycles. The maximum absolute atomic E-state index is 8.90. The Kier molecular flexibility index (Phi) is 4.51. The van der Waals surface area contributed by atoms with Gasteiger partial charge in [-0.1, -0.05) is 18.2 Å². The predicted molar refractivity (Wildman–Crippen MR) is 76.6 cm³/mol. The van der Waals surface area contributed by atoms with Crippen molar-refractivity contribution in [1.29, 1.82) is 5.26 Å². The molecule has 102 valence electrons. The van der Waals surface area contributed by atoms with Gasteiger partial charge in [-0.25, -0.2) is 9.97 Å². The third kappa shape index (κ3) is 3.23. The Morgan fingerprint density at radius 2 is 1.90 bits per heavy atom. The van der Waals surface area contributed by atoms with E-state index in [1.165, 1.54) is 6.20 Å². The molecule has 20 heavy (non-hydrogen) atoms. The Hall–Kier alpha value is -2.61. The Balaban J connectivity index is 1.90. The summed E-state index contributed by atoms with van der Waals surface area (Å²) in [5.74, 6) is 1.40. The molecule has 0 aliphatic carbocycles. The van der Waals surface area contributed by atoms with Gasteiger partial charge in [0.1, 0.15) is 18.4 Å². The van der Waals surface area contributed by atoms with Crippen LogP contribution in [0.4, 0.5) is 5.82 Å². The molecular formula is C15H16N4O. The minimum Gasteiger partial charge on any atom is -0.491 e. The van der Waals surface area contributed by atoms with Crippen molar-refractivity contribution in [3.8, 4) is 11.8 Å². The number of nitrogens with zero attached hydrogens (tertiary/aromatic N) is 3. The quantitative estimate of drug-likeness (QED) is 0.843. The lowest BCUT2D eigenvalue weighted by atomic mass is 10.1. The van der Waals surface area contributed by atoms with Crippen molar-refractivity contribution in [3.05, 3.63) is 47.4 Å². The van der Waals surface area contributed by atoms with Crippen molar-refractivity contribution < 1.29 is 4.74 Å². The molecule has 1 heterocycles. The molecule has 0 spiro atoms. The lowest BCUT2D eigenvalue weighted by Crippen LogP contribution is -2.14. The van der Waals surface area contributed by atoms with Crippen LogP contribution in [0, 0.1) is 25.2 Å². The highest BCUT2D eigenvalue weighted by Crippen LogP contribution is 2.22. The van der Waals surface area contributed by atoms with Crippen LogP contribution in [0.15, 0.2) is 30.6 Å². The van der Waals surface area contributed by atoms with Crippen molar-refractivity contribution >= 4 is 5.82 Å². The molecule has 1 aromatic carbocycles. The molecule has 5 nitrogen and oxygen atoms in total. The fraction of sp³-hybridized carbons (Fsp3) is 0.267. The summed E-state index contributed by atoms with van der Waals surface area (Å²) in [4.78, 5) is 8.01. The number of rotatable bonds is 5. The molecule has 0 radical (unpaired) electrons. The van der Waals surface area contributed by atoms with E-state index in [2.05, 4.69) is 15.3 Å². The van der Waals surface area contributed by atoms with Gasteiger partial charge in [0.15, 0.2) is 11.5 Å². The van der Waals surface area contributed by atoms with Crippen LogP contribution in [-0.2, 0) is 0 Å². The Morgan fingerprint density at radius 3 is 2.60 bits per heavy atom. The standard InChI is InChI=1S/C15H16N4O/c1-11-4-3-5-12(2)14(11)20-9-8-19-15-13(10-16)17-6-7-18-15/h3-7H,8-9H2,1-2H3,(H,18,19). The Labute approximate surface area is 118 Å². The van der Waals surface area contributed by atoms with Crippen molar-refractivity contribution in [2.75, 3.05) is 18.5 Å². The molecule has 0 atom stereocenters. The second-order valence-electron chi connectivity index (χ2n) is 4.36. The molecule has 0 bridgehead atoms. The topological polar surface area (TPSA) is 70.8 Å². The zero-order valence-corrected chi connectivity index (χ0v) is 11.6. The first kappa shape index (κ1) is 13.8. The third-order valence-electron chi connectivity index (χ3n) is 2.85. The van der Waals surface area contributed by atoms with Gasteiger partial charge in [0.25, 0.3) is 0 Å². The second kappa shape index (κ2) is 6.53. The number of aryl methyl sites for hydroxylation is 2. The van der Waals surface area contributed by atoms with E-state index in [1.807, 2.05) is 38.1 Å². The van der Waals surface area contributed by atoms with Crippen LogP contribution < -0.4 is 10.1 Å². The first-order valence-electron chi connectivity index (χ1n) is 6.36. The van der Waals surface area contributed by atoms with Crippen molar-refractivity contribution in [2.45, 2.75) is 13.8 Å². The average Bonchev–Trinajstić information content (AvgIpc) is 2.46. The average molecular weight is 268 g/mol. The lowest BCUT2D eigenvalue weighted by molar-refractivity contribution is 0.328. The summed E-state index contributed by atoms with van der Waals surface area (Å²) in [6.07, 6.45) is 3.05. The summed E-state index contributed by atoms with van der Waals surface area (Å²) >= 11 is 0. The molecular weight excluding hydrogens is 252 g/mol. The normalized spacial score (nSPS) is 9.85. The van der Waals surface area contributed by atoms with Gasteiger partial charge in [0.2, 0.25) is 0 Å². The monoisotopic (exact) mass is 268 g/mol. The van der Waals surface area contributed by atoms with E-state index in [4.69, 9.17) is 10.00 Å². The van der Waals surface area contributed by atoms with Gasteiger partial charge in [-0.15, -0.1) is 0 Å². The van der Waals surface area contributed by atoms with Crippen LogP contribution in [0.3, 0.4) is 0 Å². The zero-order chi connectivity index (χ0) is 14.4. The lowest BCUT2D eigenvalue weighted by Gasteiger charge is -2.12. The molecule has 5 heteroatoms. The number of para-hydroxylation sites is 1. The van der Waals surface area contributed by atoms with Crippen LogP contribution >= 0.6 is 0 Å².